The number of benzene rings is 1. The number of rotatable bonds is 6. The van der Waals surface area contributed by atoms with E-state index in [1.165, 1.54) is 10.9 Å². The Balaban J connectivity index is 0.00000312. The van der Waals surface area contributed by atoms with Crippen LogP contribution >= 0.6 is 35.3 Å². The molecule has 0 saturated carbocycles. The van der Waals surface area contributed by atoms with Crippen molar-refractivity contribution in [1.82, 2.24) is 15.6 Å². The second-order valence-electron chi connectivity index (χ2n) is 5.05. The predicted octanol–water partition coefficient (Wildman–Crippen LogP) is 1.84. The van der Waals surface area contributed by atoms with Crippen LogP contribution in [0, 0.1) is 0 Å². The summed E-state index contributed by atoms with van der Waals surface area (Å²) in [6.07, 6.45) is 2.86. The average Bonchev–Trinajstić information content (AvgIpc) is 3.02. The Labute approximate surface area is 169 Å². The maximum atomic E-state index is 11.4. The van der Waals surface area contributed by atoms with Gasteiger partial charge in [0.05, 0.1) is 11.4 Å². The lowest BCUT2D eigenvalue weighted by Crippen LogP contribution is -2.36. The molecular formula is C15H22IN5O2S2. The fourth-order valence-electron chi connectivity index (χ4n) is 1.99. The Hall–Kier alpha value is -1.24. The van der Waals surface area contributed by atoms with Gasteiger partial charge in [0.2, 0.25) is 10.0 Å². The van der Waals surface area contributed by atoms with Gasteiger partial charge in [-0.15, -0.1) is 35.3 Å². The van der Waals surface area contributed by atoms with Crippen molar-refractivity contribution in [3.05, 3.63) is 45.9 Å². The van der Waals surface area contributed by atoms with Gasteiger partial charge in [0.25, 0.3) is 0 Å². The molecule has 1 aromatic heterocycles. The molecule has 25 heavy (non-hydrogen) atoms. The minimum absolute atomic E-state index is 0. The number of nitrogens with two attached hydrogens (primary N) is 1. The van der Waals surface area contributed by atoms with Gasteiger partial charge >= 0.3 is 0 Å². The normalized spacial score (nSPS) is 11.7. The van der Waals surface area contributed by atoms with Crippen LogP contribution in [0.5, 0.6) is 0 Å². The summed E-state index contributed by atoms with van der Waals surface area (Å²) in [5.74, 6) is 0.615. The van der Waals surface area contributed by atoms with Crippen molar-refractivity contribution in [2.75, 3.05) is 7.05 Å². The number of nitrogens with zero attached hydrogens (tertiary/aromatic N) is 2. The summed E-state index contributed by atoms with van der Waals surface area (Å²) in [6.45, 7) is 3.11. The third-order valence-electron chi connectivity index (χ3n) is 3.27. The van der Waals surface area contributed by atoms with Crippen molar-refractivity contribution >= 4 is 51.3 Å². The van der Waals surface area contributed by atoms with Crippen LogP contribution in [-0.2, 0) is 29.5 Å². The second-order valence-corrected chi connectivity index (χ2v) is 7.81. The third kappa shape index (κ3) is 6.88. The van der Waals surface area contributed by atoms with Gasteiger partial charge in [-0.25, -0.2) is 18.5 Å². The smallest absolute Gasteiger partial charge is 0.238 e. The molecule has 0 fully saturated rings. The number of aliphatic imine (C=N–C) groups is 1. The molecule has 10 heteroatoms. The van der Waals surface area contributed by atoms with Crippen LogP contribution < -0.4 is 15.8 Å². The van der Waals surface area contributed by atoms with Gasteiger partial charge in [0.15, 0.2) is 5.96 Å². The zero-order valence-corrected chi connectivity index (χ0v) is 18.0. The van der Waals surface area contributed by atoms with Crippen LogP contribution in [0.2, 0.25) is 0 Å². The molecule has 138 valence electrons. The van der Waals surface area contributed by atoms with Crippen LogP contribution in [0.4, 0.5) is 0 Å². The molecule has 4 N–H and O–H groups in total. The fourth-order valence-corrected chi connectivity index (χ4v) is 3.38. The number of sulfonamides is 1. The first-order chi connectivity index (χ1) is 11.4. The maximum absolute atomic E-state index is 11.4. The average molecular weight is 495 g/mol. The molecule has 2 aromatic rings. The largest absolute Gasteiger partial charge is 0.352 e. The quantitative estimate of drug-likeness (QED) is 0.322. The molecule has 0 spiro atoms. The van der Waals surface area contributed by atoms with E-state index in [0.29, 0.717) is 19.0 Å². The summed E-state index contributed by atoms with van der Waals surface area (Å²) in [7, 11) is -2.02. The minimum atomic E-state index is -3.70. The lowest BCUT2D eigenvalue weighted by Gasteiger charge is -2.11. The Morgan fingerprint density at radius 1 is 1.32 bits per heavy atom. The van der Waals surface area contributed by atoms with Crippen LogP contribution in [0.25, 0.3) is 0 Å². The molecule has 0 saturated heterocycles. The fraction of sp³-hybridized carbons (Fsp3) is 0.333. The highest BCUT2D eigenvalue weighted by Gasteiger charge is 2.08. The zero-order valence-electron chi connectivity index (χ0n) is 14.0. The van der Waals surface area contributed by atoms with E-state index in [1.54, 1.807) is 30.5 Å². The second kappa shape index (κ2) is 10.0. The topological polar surface area (TPSA) is 109 Å². The number of hydrogen-bond acceptors (Lipinski definition) is 5. The first kappa shape index (κ1) is 21.8. The minimum Gasteiger partial charge on any atom is -0.352 e. The zero-order chi connectivity index (χ0) is 17.6. The van der Waals surface area contributed by atoms with Crippen LogP contribution in [0.3, 0.4) is 0 Å². The molecule has 1 heterocycles. The van der Waals surface area contributed by atoms with Crippen LogP contribution in [0.15, 0.2) is 40.4 Å². The summed E-state index contributed by atoms with van der Waals surface area (Å²) >= 11 is 1.67. The van der Waals surface area contributed by atoms with Gasteiger partial charge in [-0.3, -0.25) is 4.99 Å². The Kier molecular flexibility index (Phi) is 8.76. The van der Waals surface area contributed by atoms with E-state index >= 15 is 0 Å². The van der Waals surface area contributed by atoms with E-state index < -0.39 is 10.0 Å². The molecule has 0 bridgehead atoms. The maximum Gasteiger partial charge on any atom is 0.238 e. The van der Waals surface area contributed by atoms with Crippen molar-refractivity contribution in [2.24, 2.45) is 10.1 Å². The van der Waals surface area contributed by atoms with E-state index in [1.807, 2.05) is 12.3 Å². The number of thiazole rings is 1. The summed E-state index contributed by atoms with van der Waals surface area (Å²) in [5, 5.41) is 12.5. The van der Waals surface area contributed by atoms with E-state index in [2.05, 4.69) is 27.5 Å². The summed E-state index contributed by atoms with van der Waals surface area (Å²) in [4.78, 5) is 9.83. The van der Waals surface area contributed by atoms with Gasteiger partial charge < -0.3 is 10.6 Å². The van der Waals surface area contributed by atoms with Crippen LogP contribution in [-0.4, -0.2) is 26.4 Å². The highest BCUT2D eigenvalue weighted by atomic mass is 127. The van der Waals surface area contributed by atoms with Gasteiger partial charge in [-0.1, -0.05) is 19.1 Å². The number of halogens is 1. The molecule has 1 aromatic carbocycles. The van der Waals surface area contributed by atoms with E-state index in [-0.39, 0.29) is 28.9 Å². The van der Waals surface area contributed by atoms with Crippen molar-refractivity contribution in [2.45, 2.75) is 31.3 Å². The molecule has 2 rings (SSSR count). The van der Waals surface area contributed by atoms with Gasteiger partial charge in [-0.2, -0.15) is 0 Å². The van der Waals surface area contributed by atoms with Crippen molar-refractivity contribution in [1.29, 1.82) is 0 Å². The molecule has 0 atom stereocenters. The number of nitrogens with one attached hydrogen (secondary N) is 2. The molecule has 7 nitrogen and oxygen atoms in total. The van der Waals surface area contributed by atoms with Crippen molar-refractivity contribution in [3.63, 3.8) is 0 Å². The summed E-state index contributed by atoms with van der Waals surface area (Å²) in [5.41, 5.74) is 0.798. The van der Waals surface area contributed by atoms with E-state index in [9.17, 15) is 8.42 Å². The Morgan fingerprint density at radius 3 is 2.64 bits per heavy atom. The summed E-state index contributed by atoms with van der Waals surface area (Å²) in [6, 6.07) is 6.50. The third-order valence-corrected chi connectivity index (χ3v) is 5.32. The highest BCUT2D eigenvalue weighted by molar-refractivity contribution is 14.0. The number of guanidine groups is 1. The SMILES string of the molecule is CCc1cnc(CNC(=NC)NCc2cccc(S(N)(=O)=O)c2)s1.I. The lowest BCUT2D eigenvalue weighted by molar-refractivity contribution is 0.597. The lowest BCUT2D eigenvalue weighted by atomic mass is 10.2. The van der Waals surface area contributed by atoms with Gasteiger partial charge in [-0.05, 0) is 24.1 Å². The number of aryl methyl sites for hydroxylation is 1. The number of aromatic nitrogens is 1. The van der Waals surface area contributed by atoms with E-state index in [0.717, 1.165) is 17.0 Å². The number of primary sulfonamides is 1. The highest BCUT2D eigenvalue weighted by Crippen LogP contribution is 2.13. The molecule has 0 aliphatic carbocycles. The monoisotopic (exact) mass is 495 g/mol. The Morgan fingerprint density at radius 2 is 2.04 bits per heavy atom. The van der Waals surface area contributed by atoms with Gasteiger partial charge in [0, 0.05) is 24.7 Å². The van der Waals surface area contributed by atoms with Crippen molar-refractivity contribution in [3.8, 4) is 0 Å². The first-order valence-electron chi connectivity index (χ1n) is 7.42. The Bertz CT molecular complexity index is 821. The first-order valence-corrected chi connectivity index (χ1v) is 9.78. The van der Waals surface area contributed by atoms with Crippen molar-refractivity contribution < 1.29 is 8.42 Å². The standard InChI is InChI=1S/C15H21N5O2S2.HI/c1-3-12-9-18-14(23-12)10-20-15(17-2)19-8-11-5-4-6-13(7-11)24(16,21)22;/h4-7,9H,3,8,10H2,1-2H3,(H2,16,21,22)(H2,17,19,20);1H. The molecular weight excluding hydrogens is 473 g/mol. The van der Waals surface area contributed by atoms with Gasteiger partial charge in [0.1, 0.15) is 5.01 Å². The van der Waals surface area contributed by atoms with Crippen LogP contribution in [0.1, 0.15) is 22.4 Å². The number of hydrogen-bond donors (Lipinski definition) is 3. The predicted molar refractivity (Wildman–Crippen MR) is 112 cm³/mol. The molecule has 0 amide bonds. The summed E-state index contributed by atoms with van der Waals surface area (Å²) < 4.78 is 22.8. The molecule has 0 aliphatic heterocycles. The van der Waals surface area contributed by atoms with E-state index in [4.69, 9.17) is 5.14 Å². The molecule has 0 radical (unpaired) electrons. The molecule has 0 unspecified atom stereocenters. The molecule has 0 aliphatic rings.